The monoisotopic (exact) mass is 234 g/mol. The number of benzene rings is 1. The second-order valence-electron chi connectivity index (χ2n) is 4.18. The van der Waals surface area contributed by atoms with Gasteiger partial charge in [-0.3, -0.25) is 0 Å². The number of rotatable bonds is 2. The topological polar surface area (TPSA) is 38.0 Å². The zero-order chi connectivity index (χ0) is 11.2. The Morgan fingerprint density at radius 3 is 2.44 bits per heavy atom. The van der Waals surface area contributed by atoms with Crippen molar-refractivity contribution < 1.29 is 5.11 Å². The third-order valence-electron chi connectivity index (χ3n) is 2.94. The molecule has 1 fully saturated rings. The lowest BCUT2D eigenvalue weighted by Gasteiger charge is -2.08. The Kier molecular flexibility index (Phi) is 2.06. The first-order valence-corrected chi connectivity index (χ1v) is 5.59. The SMILES string of the molecule is OC1(c2ccc(-n3cc(Cl)cn3)cc2)CC1. The largest absolute Gasteiger partial charge is 0.385 e. The van der Waals surface area contributed by atoms with E-state index in [9.17, 15) is 5.11 Å². The minimum atomic E-state index is -0.569. The van der Waals surface area contributed by atoms with Crippen molar-refractivity contribution in [3.63, 3.8) is 0 Å². The fourth-order valence-electron chi connectivity index (χ4n) is 1.77. The maximum Gasteiger partial charge on any atom is 0.0899 e. The minimum absolute atomic E-state index is 0.569. The molecule has 1 aromatic carbocycles. The molecule has 0 bridgehead atoms. The van der Waals surface area contributed by atoms with Crippen LogP contribution in [0.15, 0.2) is 36.7 Å². The first-order chi connectivity index (χ1) is 7.67. The van der Waals surface area contributed by atoms with Crippen LogP contribution in [0, 0.1) is 0 Å². The van der Waals surface area contributed by atoms with E-state index in [0.29, 0.717) is 5.02 Å². The second kappa shape index (κ2) is 3.34. The number of hydrogen-bond acceptors (Lipinski definition) is 2. The maximum atomic E-state index is 9.92. The standard InChI is InChI=1S/C12H11ClN2O/c13-10-7-14-15(8-10)11-3-1-9(2-4-11)12(16)5-6-12/h1-4,7-8,16H,5-6H2. The summed E-state index contributed by atoms with van der Waals surface area (Å²) in [5.74, 6) is 0. The van der Waals surface area contributed by atoms with Gasteiger partial charge in [0.2, 0.25) is 0 Å². The Morgan fingerprint density at radius 1 is 1.25 bits per heavy atom. The van der Waals surface area contributed by atoms with Gasteiger partial charge in [-0.1, -0.05) is 23.7 Å². The number of halogens is 1. The molecule has 1 heterocycles. The van der Waals surface area contributed by atoms with Gasteiger partial charge in [-0.05, 0) is 30.5 Å². The van der Waals surface area contributed by atoms with Crippen molar-refractivity contribution >= 4 is 11.6 Å². The molecule has 0 saturated heterocycles. The second-order valence-corrected chi connectivity index (χ2v) is 4.62. The predicted octanol–water partition coefficient (Wildman–Crippen LogP) is 2.51. The van der Waals surface area contributed by atoms with Crippen LogP contribution in [-0.4, -0.2) is 14.9 Å². The normalized spacial score (nSPS) is 17.4. The van der Waals surface area contributed by atoms with Gasteiger partial charge in [0.25, 0.3) is 0 Å². The number of aromatic nitrogens is 2. The maximum absolute atomic E-state index is 9.92. The number of hydrogen-bond donors (Lipinski definition) is 1. The zero-order valence-electron chi connectivity index (χ0n) is 8.60. The Labute approximate surface area is 98.3 Å². The van der Waals surface area contributed by atoms with Crippen LogP contribution in [0.4, 0.5) is 0 Å². The molecule has 0 unspecified atom stereocenters. The molecule has 3 rings (SSSR count). The summed E-state index contributed by atoms with van der Waals surface area (Å²) in [6, 6.07) is 7.76. The van der Waals surface area contributed by atoms with Gasteiger partial charge in [-0.2, -0.15) is 5.10 Å². The summed E-state index contributed by atoms with van der Waals surface area (Å²) < 4.78 is 1.71. The van der Waals surface area contributed by atoms with Crippen molar-refractivity contribution in [1.29, 1.82) is 0 Å². The van der Waals surface area contributed by atoms with Crippen LogP contribution in [-0.2, 0) is 5.60 Å². The highest BCUT2D eigenvalue weighted by Crippen LogP contribution is 2.45. The van der Waals surface area contributed by atoms with Crippen LogP contribution in [0.5, 0.6) is 0 Å². The highest BCUT2D eigenvalue weighted by molar-refractivity contribution is 6.30. The van der Waals surface area contributed by atoms with E-state index in [1.165, 1.54) is 0 Å². The van der Waals surface area contributed by atoms with Crippen LogP contribution in [0.25, 0.3) is 5.69 Å². The van der Waals surface area contributed by atoms with Gasteiger partial charge in [0, 0.05) is 6.20 Å². The molecule has 0 amide bonds. The van der Waals surface area contributed by atoms with Crippen LogP contribution in [0.3, 0.4) is 0 Å². The Bertz CT molecular complexity index is 514. The Hall–Kier alpha value is -1.32. The van der Waals surface area contributed by atoms with Gasteiger partial charge in [0.15, 0.2) is 0 Å². The van der Waals surface area contributed by atoms with Crippen LogP contribution >= 0.6 is 11.6 Å². The molecule has 1 aliphatic rings. The molecular weight excluding hydrogens is 224 g/mol. The minimum Gasteiger partial charge on any atom is -0.385 e. The van der Waals surface area contributed by atoms with E-state index < -0.39 is 5.60 Å². The molecule has 82 valence electrons. The first-order valence-electron chi connectivity index (χ1n) is 5.21. The molecule has 0 spiro atoms. The van der Waals surface area contributed by atoms with Crippen molar-refractivity contribution in [2.75, 3.05) is 0 Å². The average molecular weight is 235 g/mol. The predicted molar refractivity (Wildman–Crippen MR) is 61.7 cm³/mol. The third-order valence-corrected chi connectivity index (χ3v) is 3.14. The van der Waals surface area contributed by atoms with Crippen LogP contribution < -0.4 is 0 Å². The van der Waals surface area contributed by atoms with Crippen LogP contribution in [0.1, 0.15) is 18.4 Å². The highest BCUT2D eigenvalue weighted by atomic mass is 35.5. The fraction of sp³-hybridized carbons (Fsp3) is 0.250. The van der Waals surface area contributed by atoms with Gasteiger partial charge in [-0.15, -0.1) is 0 Å². The average Bonchev–Trinajstić information content (AvgIpc) is 2.89. The molecule has 1 aliphatic carbocycles. The lowest BCUT2D eigenvalue weighted by Crippen LogP contribution is -2.04. The summed E-state index contributed by atoms with van der Waals surface area (Å²) in [6.45, 7) is 0. The summed E-state index contributed by atoms with van der Waals surface area (Å²) >= 11 is 5.80. The van der Waals surface area contributed by atoms with E-state index >= 15 is 0 Å². The molecule has 3 nitrogen and oxygen atoms in total. The molecule has 0 atom stereocenters. The molecule has 1 saturated carbocycles. The summed E-state index contributed by atoms with van der Waals surface area (Å²) in [4.78, 5) is 0. The van der Waals surface area contributed by atoms with Gasteiger partial charge >= 0.3 is 0 Å². The highest BCUT2D eigenvalue weighted by Gasteiger charge is 2.41. The molecule has 2 aromatic rings. The Morgan fingerprint density at radius 2 is 1.94 bits per heavy atom. The van der Waals surface area contributed by atoms with Crippen molar-refractivity contribution in [2.24, 2.45) is 0 Å². The van der Waals surface area contributed by atoms with E-state index in [-0.39, 0.29) is 0 Å². The van der Waals surface area contributed by atoms with E-state index in [2.05, 4.69) is 5.10 Å². The van der Waals surface area contributed by atoms with Gasteiger partial charge < -0.3 is 5.11 Å². The molecule has 0 radical (unpaired) electrons. The lowest BCUT2D eigenvalue weighted by molar-refractivity contribution is 0.151. The van der Waals surface area contributed by atoms with E-state index in [1.54, 1.807) is 17.1 Å². The molecule has 0 aliphatic heterocycles. The first kappa shape index (κ1) is 9.87. The summed E-state index contributed by atoms with van der Waals surface area (Å²) in [6.07, 6.45) is 5.08. The molecular formula is C12H11ClN2O. The third kappa shape index (κ3) is 1.62. The van der Waals surface area contributed by atoms with E-state index in [0.717, 1.165) is 24.1 Å². The van der Waals surface area contributed by atoms with Gasteiger partial charge in [0.1, 0.15) is 0 Å². The molecule has 1 aromatic heterocycles. The van der Waals surface area contributed by atoms with Crippen molar-refractivity contribution in [1.82, 2.24) is 9.78 Å². The smallest absolute Gasteiger partial charge is 0.0899 e. The summed E-state index contributed by atoms with van der Waals surface area (Å²) in [5, 5.41) is 14.7. The van der Waals surface area contributed by atoms with Crippen molar-refractivity contribution in [3.8, 4) is 5.69 Å². The van der Waals surface area contributed by atoms with E-state index in [1.807, 2.05) is 24.3 Å². The quantitative estimate of drug-likeness (QED) is 0.867. The Balaban J connectivity index is 1.93. The van der Waals surface area contributed by atoms with Crippen molar-refractivity contribution in [2.45, 2.75) is 18.4 Å². The molecule has 16 heavy (non-hydrogen) atoms. The summed E-state index contributed by atoms with van der Waals surface area (Å²) in [5.41, 5.74) is 1.36. The van der Waals surface area contributed by atoms with Crippen LogP contribution in [0.2, 0.25) is 5.02 Å². The number of aliphatic hydroxyl groups is 1. The van der Waals surface area contributed by atoms with E-state index in [4.69, 9.17) is 11.6 Å². The van der Waals surface area contributed by atoms with Gasteiger partial charge in [0.05, 0.1) is 22.5 Å². The zero-order valence-corrected chi connectivity index (χ0v) is 9.35. The van der Waals surface area contributed by atoms with Crippen molar-refractivity contribution in [3.05, 3.63) is 47.2 Å². The fourth-order valence-corrected chi connectivity index (χ4v) is 1.91. The number of nitrogens with zero attached hydrogens (tertiary/aromatic N) is 2. The molecule has 4 heteroatoms. The lowest BCUT2D eigenvalue weighted by atomic mass is 10.1. The van der Waals surface area contributed by atoms with Gasteiger partial charge in [-0.25, -0.2) is 4.68 Å². The summed E-state index contributed by atoms with van der Waals surface area (Å²) in [7, 11) is 0. The molecule has 1 N–H and O–H groups in total.